The zero-order chi connectivity index (χ0) is 12.2. The molecule has 1 rings (SSSR count). The van der Waals surface area contributed by atoms with E-state index in [0.29, 0.717) is 18.0 Å². The first-order valence-corrected chi connectivity index (χ1v) is 4.89. The molecule has 0 bridgehead atoms. The first-order valence-electron chi connectivity index (χ1n) is 4.89. The number of hydrogen-bond acceptors (Lipinski definition) is 4. The molecule has 1 aromatic carbocycles. The first kappa shape index (κ1) is 12.4. The Labute approximate surface area is 95.1 Å². The molecule has 0 aliphatic carbocycles. The van der Waals surface area contributed by atoms with Crippen molar-refractivity contribution in [2.75, 3.05) is 14.2 Å². The van der Waals surface area contributed by atoms with Crippen LogP contribution in [0.2, 0.25) is 0 Å². The Kier molecular flexibility index (Phi) is 3.77. The highest BCUT2D eigenvalue weighted by molar-refractivity contribution is 5.46. The van der Waals surface area contributed by atoms with E-state index < -0.39 is 5.60 Å². The molecule has 0 heterocycles. The van der Waals surface area contributed by atoms with Gasteiger partial charge in [-0.15, -0.1) is 0 Å². The number of carbonyl (C=O) groups excluding carboxylic acids is 1. The van der Waals surface area contributed by atoms with Crippen LogP contribution in [0.5, 0.6) is 11.5 Å². The third-order valence-electron chi connectivity index (χ3n) is 2.40. The average Bonchev–Trinajstić information content (AvgIpc) is 2.28. The lowest BCUT2D eigenvalue weighted by molar-refractivity contribution is -0.141. The summed E-state index contributed by atoms with van der Waals surface area (Å²) in [6.45, 7) is 4.01. The van der Waals surface area contributed by atoms with Crippen LogP contribution in [-0.2, 0) is 15.1 Å². The van der Waals surface area contributed by atoms with E-state index in [0.717, 1.165) is 5.56 Å². The molecular weight excluding hydrogens is 208 g/mol. The van der Waals surface area contributed by atoms with Crippen LogP contribution in [-0.4, -0.2) is 20.7 Å². The lowest BCUT2D eigenvalue weighted by atomic mass is 9.96. The molecule has 0 aliphatic rings. The van der Waals surface area contributed by atoms with Gasteiger partial charge in [0.05, 0.1) is 14.2 Å². The molecule has 88 valence electrons. The summed E-state index contributed by atoms with van der Waals surface area (Å²) in [5, 5.41) is 0. The van der Waals surface area contributed by atoms with E-state index in [1.807, 2.05) is 0 Å². The number of ether oxygens (including phenoxy) is 3. The topological polar surface area (TPSA) is 44.8 Å². The molecule has 0 N–H and O–H groups in total. The molecular formula is C12H16O4. The molecule has 1 aromatic rings. The molecule has 4 heteroatoms. The maximum atomic E-state index is 10.5. The molecule has 0 unspecified atom stereocenters. The molecule has 0 saturated carbocycles. The predicted molar refractivity (Wildman–Crippen MR) is 59.7 cm³/mol. The summed E-state index contributed by atoms with van der Waals surface area (Å²) >= 11 is 0. The minimum Gasteiger partial charge on any atom is -0.497 e. The van der Waals surface area contributed by atoms with E-state index in [2.05, 4.69) is 0 Å². The van der Waals surface area contributed by atoms with E-state index in [9.17, 15) is 4.79 Å². The number of rotatable bonds is 5. The fourth-order valence-corrected chi connectivity index (χ4v) is 1.47. The zero-order valence-electron chi connectivity index (χ0n) is 9.94. The molecule has 0 amide bonds. The molecule has 0 aromatic heterocycles. The van der Waals surface area contributed by atoms with Gasteiger partial charge in [-0.2, -0.15) is 0 Å². The normalized spacial score (nSPS) is 10.8. The van der Waals surface area contributed by atoms with Gasteiger partial charge in [-0.05, 0) is 32.0 Å². The SMILES string of the molecule is COc1ccc(OC)c(C(C)(C)OC=O)c1. The summed E-state index contributed by atoms with van der Waals surface area (Å²) in [6, 6.07) is 5.37. The summed E-state index contributed by atoms with van der Waals surface area (Å²) in [7, 11) is 3.15. The van der Waals surface area contributed by atoms with Crippen LogP contribution >= 0.6 is 0 Å². The van der Waals surface area contributed by atoms with Gasteiger partial charge in [-0.25, -0.2) is 0 Å². The highest BCUT2D eigenvalue weighted by Gasteiger charge is 2.26. The van der Waals surface area contributed by atoms with Crippen LogP contribution in [0.1, 0.15) is 19.4 Å². The Morgan fingerprint density at radius 3 is 2.38 bits per heavy atom. The van der Waals surface area contributed by atoms with Gasteiger partial charge in [0.1, 0.15) is 17.1 Å². The quantitative estimate of drug-likeness (QED) is 0.718. The Morgan fingerprint density at radius 1 is 1.19 bits per heavy atom. The van der Waals surface area contributed by atoms with Crippen LogP contribution in [0.3, 0.4) is 0 Å². The highest BCUT2D eigenvalue weighted by atomic mass is 16.5. The lowest BCUT2D eigenvalue weighted by Gasteiger charge is -2.25. The van der Waals surface area contributed by atoms with Gasteiger partial charge >= 0.3 is 0 Å². The molecule has 0 atom stereocenters. The zero-order valence-corrected chi connectivity index (χ0v) is 9.94. The predicted octanol–water partition coefficient (Wildman–Crippen LogP) is 2.11. The molecule has 0 radical (unpaired) electrons. The third-order valence-corrected chi connectivity index (χ3v) is 2.40. The van der Waals surface area contributed by atoms with Crippen molar-refractivity contribution in [3.63, 3.8) is 0 Å². The minimum absolute atomic E-state index is 0.429. The van der Waals surface area contributed by atoms with Crippen molar-refractivity contribution in [1.82, 2.24) is 0 Å². The number of carbonyl (C=O) groups is 1. The first-order chi connectivity index (χ1) is 7.55. The minimum atomic E-state index is -0.748. The average molecular weight is 224 g/mol. The van der Waals surface area contributed by atoms with Crippen molar-refractivity contribution >= 4 is 6.47 Å². The third kappa shape index (κ3) is 2.45. The number of benzene rings is 1. The van der Waals surface area contributed by atoms with Crippen LogP contribution < -0.4 is 9.47 Å². The summed E-state index contributed by atoms with van der Waals surface area (Å²) in [6.07, 6.45) is 0. The van der Waals surface area contributed by atoms with Crippen molar-refractivity contribution in [3.05, 3.63) is 23.8 Å². The second-order valence-electron chi connectivity index (χ2n) is 3.79. The maximum Gasteiger partial charge on any atom is 0.293 e. The van der Waals surface area contributed by atoms with Gasteiger partial charge in [-0.1, -0.05) is 0 Å². The standard InChI is InChI=1S/C12H16O4/c1-12(2,16-8-13)10-7-9(14-3)5-6-11(10)15-4/h5-8H,1-4H3. The monoisotopic (exact) mass is 224 g/mol. The molecule has 0 aliphatic heterocycles. The van der Waals surface area contributed by atoms with Gasteiger partial charge in [0, 0.05) is 5.56 Å². The number of hydrogen-bond donors (Lipinski definition) is 0. The molecule has 4 nitrogen and oxygen atoms in total. The van der Waals surface area contributed by atoms with Crippen LogP contribution in [0.25, 0.3) is 0 Å². The van der Waals surface area contributed by atoms with E-state index >= 15 is 0 Å². The van der Waals surface area contributed by atoms with Crippen molar-refractivity contribution in [3.8, 4) is 11.5 Å². The second-order valence-corrected chi connectivity index (χ2v) is 3.79. The van der Waals surface area contributed by atoms with E-state index in [-0.39, 0.29) is 0 Å². The van der Waals surface area contributed by atoms with Crippen LogP contribution in [0.15, 0.2) is 18.2 Å². The molecule has 0 saturated heterocycles. The van der Waals surface area contributed by atoms with Gasteiger partial charge in [-0.3, -0.25) is 4.79 Å². The molecule has 0 fully saturated rings. The molecule has 0 spiro atoms. The van der Waals surface area contributed by atoms with Gasteiger partial charge < -0.3 is 14.2 Å². The van der Waals surface area contributed by atoms with Gasteiger partial charge in [0.15, 0.2) is 0 Å². The summed E-state index contributed by atoms with van der Waals surface area (Å²) in [5.74, 6) is 1.35. The highest BCUT2D eigenvalue weighted by Crippen LogP contribution is 2.34. The summed E-state index contributed by atoms with van der Waals surface area (Å²) in [5.41, 5.74) is 0.0169. The van der Waals surface area contributed by atoms with E-state index in [1.165, 1.54) is 0 Å². The van der Waals surface area contributed by atoms with Gasteiger partial charge in [0.2, 0.25) is 0 Å². The Hall–Kier alpha value is -1.71. The maximum absolute atomic E-state index is 10.5. The van der Waals surface area contributed by atoms with Crippen molar-refractivity contribution in [1.29, 1.82) is 0 Å². The van der Waals surface area contributed by atoms with Crippen molar-refractivity contribution < 1.29 is 19.0 Å². The van der Waals surface area contributed by atoms with Crippen LogP contribution in [0, 0.1) is 0 Å². The smallest absolute Gasteiger partial charge is 0.293 e. The Bertz CT molecular complexity index is 371. The Morgan fingerprint density at radius 2 is 1.88 bits per heavy atom. The summed E-state index contributed by atoms with van der Waals surface area (Å²) in [4.78, 5) is 10.5. The van der Waals surface area contributed by atoms with E-state index in [1.54, 1.807) is 46.3 Å². The Balaban J connectivity index is 3.22. The fourth-order valence-electron chi connectivity index (χ4n) is 1.47. The van der Waals surface area contributed by atoms with Crippen LogP contribution in [0.4, 0.5) is 0 Å². The largest absolute Gasteiger partial charge is 0.497 e. The van der Waals surface area contributed by atoms with Crippen molar-refractivity contribution in [2.24, 2.45) is 0 Å². The number of methoxy groups -OCH3 is 2. The fraction of sp³-hybridized carbons (Fsp3) is 0.417. The van der Waals surface area contributed by atoms with E-state index in [4.69, 9.17) is 14.2 Å². The second kappa shape index (κ2) is 4.88. The van der Waals surface area contributed by atoms with Crippen molar-refractivity contribution in [2.45, 2.75) is 19.4 Å². The lowest BCUT2D eigenvalue weighted by Crippen LogP contribution is -2.21. The summed E-state index contributed by atoms with van der Waals surface area (Å²) < 4.78 is 15.4. The molecule has 16 heavy (non-hydrogen) atoms. The van der Waals surface area contributed by atoms with Gasteiger partial charge in [0.25, 0.3) is 6.47 Å².